The molecular formula is C15H16O3. The Bertz CT molecular complexity index is 575. The molecule has 1 fully saturated rings. The Morgan fingerprint density at radius 2 is 1.94 bits per heavy atom. The molecule has 0 N–H and O–H groups in total. The van der Waals surface area contributed by atoms with Crippen LogP contribution in [-0.2, 0) is 15.0 Å². The van der Waals surface area contributed by atoms with Gasteiger partial charge in [0.05, 0.1) is 10.8 Å². The van der Waals surface area contributed by atoms with Crippen molar-refractivity contribution in [2.45, 2.75) is 39.0 Å². The molecule has 3 heteroatoms. The maximum Gasteiger partial charge on any atom is 0.318 e. The first-order valence-electron chi connectivity index (χ1n) is 6.26. The first-order valence-corrected chi connectivity index (χ1v) is 6.26. The van der Waals surface area contributed by atoms with Gasteiger partial charge in [0.15, 0.2) is 0 Å². The number of hydrogen-bond donors (Lipinski definition) is 0. The summed E-state index contributed by atoms with van der Waals surface area (Å²) in [7, 11) is 0. The van der Waals surface area contributed by atoms with Crippen molar-refractivity contribution in [3.8, 4) is 5.75 Å². The lowest BCUT2D eigenvalue weighted by atomic mass is 9.62. The molecule has 0 unspecified atom stereocenters. The van der Waals surface area contributed by atoms with Crippen molar-refractivity contribution in [1.82, 2.24) is 0 Å². The van der Waals surface area contributed by atoms with Crippen LogP contribution >= 0.6 is 0 Å². The number of Topliss-reactive ketones (excluding diaryl/α,β-unsaturated/α-hetero) is 1. The lowest BCUT2D eigenvalue weighted by molar-refractivity contribution is -0.152. The number of fused-ring (bicyclic) bond motifs is 3. The number of benzene rings is 1. The molecule has 18 heavy (non-hydrogen) atoms. The minimum Gasteiger partial charge on any atom is -0.426 e. The quantitative estimate of drug-likeness (QED) is 0.520. The second-order valence-corrected chi connectivity index (χ2v) is 5.77. The van der Waals surface area contributed by atoms with Crippen molar-refractivity contribution in [3.05, 3.63) is 29.3 Å². The van der Waals surface area contributed by atoms with E-state index in [0.717, 1.165) is 11.1 Å². The Kier molecular flexibility index (Phi) is 2.05. The summed E-state index contributed by atoms with van der Waals surface area (Å²) in [4.78, 5) is 24.6. The van der Waals surface area contributed by atoms with Gasteiger partial charge in [-0.3, -0.25) is 9.59 Å². The van der Waals surface area contributed by atoms with Crippen molar-refractivity contribution in [2.75, 3.05) is 0 Å². The maximum atomic E-state index is 12.3. The Morgan fingerprint density at radius 1 is 1.22 bits per heavy atom. The third-order valence-corrected chi connectivity index (χ3v) is 4.84. The summed E-state index contributed by atoms with van der Waals surface area (Å²) in [6, 6.07) is 5.67. The first-order chi connectivity index (χ1) is 8.39. The van der Waals surface area contributed by atoms with E-state index in [2.05, 4.69) is 0 Å². The highest BCUT2D eigenvalue weighted by Crippen LogP contribution is 2.57. The lowest BCUT2D eigenvalue weighted by Gasteiger charge is -2.42. The fourth-order valence-corrected chi connectivity index (χ4v) is 3.26. The Balaban J connectivity index is 2.33. The third kappa shape index (κ3) is 1.10. The van der Waals surface area contributed by atoms with Gasteiger partial charge >= 0.3 is 5.97 Å². The Labute approximate surface area is 106 Å². The maximum absolute atomic E-state index is 12.3. The molecular weight excluding hydrogens is 228 g/mol. The van der Waals surface area contributed by atoms with E-state index >= 15 is 0 Å². The van der Waals surface area contributed by atoms with Gasteiger partial charge in [-0.05, 0) is 33.3 Å². The molecule has 0 amide bonds. The van der Waals surface area contributed by atoms with Crippen molar-refractivity contribution in [1.29, 1.82) is 0 Å². The Morgan fingerprint density at radius 3 is 2.67 bits per heavy atom. The van der Waals surface area contributed by atoms with Crippen LogP contribution in [0.2, 0.25) is 0 Å². The molecule has 0 bridgehead atoms. The molecule has 0 aromatic heterocycles. The molecule has 1 aromatic rings. The molecule has 94 valence electrons. The zero-order valence-corrected chi connectivity index (χ0v) is 10.9. The van der Waals surface area contributed by atoms with E-state index in [9.17, 15) is 9.59 Å². The number of carbonyl (C=O) groups excluding carboxylic acids is 2. The normalized spacial score (nSPS) is 33.9. The van der Waals surface area contributed by atoms with Gasteiger partial charge in [-0.1, -0.05) is 17.7 Å². The summed E-state index contributed by atoms with van der Waals surface area (Å²) >= 11 is 0. The smallest absolute Gasteiger partial charge is 0.318 e. The lowest BCUT2D eigenvalue weighted by Crippen LogP contribution is -2.51. The number of esters is 1. The molecule has 0 spiro atoms. The summed E-state index contributed by atoms with van der Waals surface area (Å²) in [5.41, 5.74) is 0.497. The number of ether oxygens (including phenoxy) is 1. The van der Waals surface area contributed by atoms with Crippen molar-refractivity contribution in [2.24, 2.45) is 5.41 Å². The average Bonchev–Trinajstić information content (AvgIpc) is 2.57. The van der Waals surface area contributed by atoms with E-state index < -0.39 is 10.8 Å². The number of carbonyl (C=O) groups is 2. The highest BCUT2D eigenvalue weighted by Gasteiger charge is 2.63. The molecule has 2 aliphatic rings. The van der Waals surface area contributed by atoms with Gasteiger partial charge in [0.1, 0.15) is 11.5 Å². The second-order valence-electron chi connectivity index (χ2n) is 5.77. The van der Waals surface area contributed by atoms with Crippen LogP contribution in [-0.4, -0.2) is 11.8 Å². The van der Waals surface area contributed by atoms with E-state index in [1.54, 1.807) is 6.07 Å². The Hall–Kier alpha value is -1.64. The summed E-state index contributed by atoms with van der Waals surface area (Å²) in [5.74, 6) is 0.418. The first kappa shape index (κ1) is 11.5. The number of ketones is 1. The number of aryl methyl sites for hydroxylation is 1. The van der Waals surface area contributed by atoms with Gasteiger partial charge < -0.3 is 4.74 Å². The van der Waals surface area contributed by atoms with Crippen molar-refractivity contribution in [3.63, 3.8) is 0 Å². The highest BCUT2D eigenvalue weighted by atomic mass is 16.5. The standard InChI is InChI=1S/C15H16O3/c1-9-4-5-11-10(8-9)15(3)12(16)6-7-14(15,2)13(17)18-11/h4-5,8H,6-7H2,1-3H3/t14-,15+/m0/s1. The molecule has 1 aliphatic heterocycles. The summed E-state index contributed by atoms with van der Waals surface area (Å²) < 4.78 is 5.43. The summed E-state index contributed by atoms with van der Waals surface area (Å²) in [6.07, 6.45) is 1.03. The molecule has 3 nitrogen and oxygen atoms in total. The predicted octanol–water partition coefficient (Wildman–Crippen LogP) is 2.54. The van der Waals surface area contributed by atoms with Crippen molar-refractivity contribution >= 4 is 11.8 Å². The van der Waals surface area contributed by atoms with Gasteiger partial charge in [0.25, 0.3) is 0 Å². The topological polar surface area (TPSA) is 43.4 Å². The molecule has 0 radical (unpaired) electrons. The molecule has 3 rings (SSSR count). The van der Waals surface area contributed by atoms with Gasteiger partial charge in [-0.25, -0.2) is 0 Å². The van der Waals surface area contributed by atoms with Crippen LogP contribution in [0.4, 0.5) is 0 Å². The summed E-state index contributed by atoms with van der Waals surface area (Å²) in [6.45, 7) is 5.73. The van der Waals surface area contributed by atoms with Gasteiger partial charge in [-0.15, -0.1) is 0 Å². The van der Waals surface area contributed by atoms with E-state index in [1.165, 1.54) is 0 Å². The minimum atomic E-state index is -0.732. The van der Waals surface area contributed by atoms with E-state index in [0.29, 0.717) is 18.6 Å². The van der Waals surface area contributed by atoms with Crippen LogP contribution in [0.1, 0.15) is 37.8 Å². The SMILES string of the molecule is Cc1ccc2c(c1)[C@]1(C)C(=O)CC[C@@]1(C)C(=O)O2. The van der Waals surface area contributed by atoms with Crippen LogP contribution in [0.15, 0.2) is 18.2 Å². The number of rotatable bonds is 0. The van der Waals surface area contributed by atoms with Crippen LogP contribution in [0, 0.1) is 12.3 Å². The molecule has 2 atom stereocenters. The predicted molar refractivity (Wildman–Crippen MR) is 66.5 cm³/mol. The average molecular weight is 244 g/mol. The fourth-order valence-electron chi connectivity index (χ4n) is 3.26. The van der Waals surface area contributed by atoms with E-state index in [4.69, 9.17) is 4.74 Å². The molecule has 1 heterocycles. The minimum absolute atomic E-state index is 0.147. The largest absolute Gasteiger partial charge is 0.426 e. The van der Waals surface area contributed by atoms with Crippen LogP contribution in [0.5, 0.6) is 5.75 Å². The third-order valence-electron chi connectivity index (χ3n) is 4.84. The van der Waals surface area contributed by atoms with Crippen LogP contribution < -0.4 is 4.74 Å². The molecule has 1 saturated carbocycles. The zero-order valence-electron chi connectivity index (χ0n) is 10.9. The summed E-state index contributed by atoms with van der Waals surface area (Å²) in [5, 5.41) is 0. The highest BCUT2D eigenvalue weighted by molar-refractivity contribution is 6.02. The van der Waals surface area contributed by atoms with Crippen LogP contribution in [0.3, 0.4) is 0 Å². The molecule has 1 aliphatic carbocycles. The van der Waals surface area contributed by atoms with Crippen molar-refractivity contribution < 1.29 is 14.3 Å². The van der Waals surface area contributed by atoms with Gasteiger partial charge in [0.2, 0.25) is 0 Å². The molecule has 0 saturated heterocycles. The molecule has 1 aromatic carbocycles. The van der Waals surface area contributed by atoms with E-state index in [1.807, 2.05) is 32.9 Å². The van der Waals surface area contributed by atoms with E-state index in [-0.39, 0.29) is 11.8 Å². The fraction of sp³-hybridized carbons (Fsp3) is 0.467. The van der Waals surface area contributed by atoms with Gasteiger partial charge in [0, 0.05) is 12.0 Å². The second kappa shape index (κ2) is 3.22. The monoisotopic (exact) mass is 244 g/mol. The van der Waals surface area contributed by atoms with Gasteiger partial charge in [-0.2, -0.15) is 0 Å². The van der Waals surface area contributed by atoms with Crippen LogP contribution in [0.25, 0.3) is 0 Å². The number of hydrogen-bond acceptors (Lipinski definition) is 3. The zero-order chi connectivity index (χ0) is 13.1.